The van der Waals surface area contributed by atoms with Gasteiger partial charge in [0.05, 0.1) is 26.4 Å². The van der Waals surface area contributed by atoms with Gasteiger partial charge in [-0.15, -0.1) is 0 Å². The lowest BCUT2D eigenvalue weighted by Gasteiger charge is -2.21. The first kappa shape index (κ1) is 106. The molecule has 0 rings (SSSR count). The van der Waals surface area contributed by atoms with Crippen molar-refractivity contribution in [1.29, 1.82) is 0 Å². The topological polar surface area (TPSA) is 237 Å². The van der Waals surface area contributed by atoms with Crippen LogP contribution in [0.1, 0.15) is 323 Å². The second kappa shape index (κ2) is 83.1. The highest BCUT2D eigenvalue weighted by molar-refractivity contribution is 7.47. The van der Waals surface area contributed by atoms with E-state index in [2.05, 4.69) is 192 Å². The second-order valence-electron chi connectivity index (χ2n) is 28.0. The molecule has 636 valence electrons. The largest absolute Gasteiger partial charge is 0.472 e. The molecule has 0 aliphatic heterocycles. The average Bonchev–Trinajstić information content (AvgIpc) is 0.898. The predicted octanol–water partition coefficient (Wildman–Crippen LogP) is 25.9. The van der Waals surface area contributed by atoms with Crippen LogP contribution in [0.15, 0.2) is 182 Å². The quantitative estimate of drug-likeness (QED) is 0.0169. The Hall–Kier alpha value is -5.84. The third kappa shape index (κ3) is 82.2. The molecule has 0 saturated carbocycles. The third-order valence-electron chi connectivity index (χ3n) is 17.3. The number of hydrogen-bond acceptors (Lipinski definition) is 15. The van der Waals surface area contributed by atoms with E-state index >= 15 is 0 Å². The van der Waals surface area contributed by atoms with Crippen LogP contribution in [-0.2, 0) is 65.4 Å². The smallest absolute Gasteiger partial charge is 0.462 e. The Morgan fingerprint density at radius 2 is 0.482 bits per heavy atom. The van der Waals surface area contributed by atoms with Crippen molar-refractivity contribution in [2.75, 3.05) is 39.6 Å². The van der Waals surface area contributed by atoms with E-state index in [0.717, 1.165) is 199 Å². The van der Waals surface area contributed by atoms with Gasteiger partial charge in [0.25, 0.3) is 0 Å². The molecule has 0 amide bonds. The third-order valence-corrected chi connectivity index (χ3v) is 19.2. The molecule has 17 nitrogen and oxygen atoms in total. The number of esters is 4. The lowest BCUT2D eigenvalue weighted by atomic mass is 10.1. The minimum Gasteiger partial charge on any atom is -0.462 e. The standard InChI is InChI=1S/C93H152O17P2/c1-5-9-13-17-21-25-29-33-37-40-43-46-50-53-57-61-65-69-73-77-90(95)103-83-88(109-92(97)79-75-71-67-63-59-55-49-36-32-28-24-20-16-12-8-4)85-107-111(99,100)105-81-87(94)82-106-112(101,102)108-86-89(110-93(98)80-76-72-68-64-60-56-52-48-45-42-39-35-31-27-23-19-15-11-7-3)84-104-91(96)78-74-70-66-62-58-54-51-47-44-41-38-34-30-26-22-18-14-10-6-2/h9-10,13-14,21-28,33-39,43-49,54,58,66,70,87-89,94H,5-8,11-12,15-20,29-32,40-42,50-53,55-57,59-65,67-69,71-86H2,1-4H3,(H,99,100)(H,101,102)/b13-9-,14-10-,25-21-,26-22-,27-23-,28-24-,37-33-,38-34-,39-35-,46-43-,47-44-,48-45-,49-36-,58-54-,70-66-. The number of phosphoric acid groups is 2. The van der Waals surface area contributed by atoms with Crippen molar-refractivity contribution in [3.05, 3.63) is 182 Å². The molecule has 112 heavy (non-hydrogen) atoms. The monoisotopic (exact) mass is 1600 g/mol. The summed E-state index contributed by atoms with van der Waals surface area (Å²) < 4.78 is 68.7. The summed E-state index contributed by atoms with van der Waals surface area (Å²) in [7, 11) is -10.0. The summed E-state index contributed by atoms with van der Waals surface area (Å²) in [6, 6.07) is 0. The maximum absolute atomic E-state index is 13.1. The summed E-state index contributed by atoms with van der Waals surface area (Å²) in [6.07, 6.45) is 101. The van der Waals surface area contributed by atoms with Gasteiger partial charge in [-0.25, -0.2) is 9.13 Å². The Morgan fingerprint density at radius 3 is 0.768 bits per heavy atom. The molecular formula is C93H152O17P2. The number of unbranched alkanes of at least 4 members (excludes halogenated alkanes) is 23. The van der Waals surface area contributed by atoms with E-state index in [0.29, 0.717) is 32.1 Å². The van der Waals surface area contributed by atoms with Crippen molar-refractivity contribution in [3.63, 3.8) is 0 Å². The van der Waals surface area contributed by atoms with Gasteiger partial charge in [-0.05, 0) is 173 Å². The molecule has 0 aromatic rings. The van der Waals surface area contributed by atoms with Gasteiger partial charge in [-0.1, -0.05) is 306 Å². The van der Waals surface area contributed by atoms with Crippen LogP contribution in [0.4, 0.5) is 0 Å². The zero-order chi connectivity index (χ0) is 81.7. The van der Waals surface area contributed by atoms with Crippen molar-refractivity contribution in [2.45, 2.75) is 341 Å². The van der Waals surface area contributed by atoms with Gasteiger partial charge in [-0.2, -0.15) is 0 Å². The normalized spacial score (nSPS) is 14.7. The highest BCUT2D eigenvalue weighted by Crippen LogP contribution is 2.45. The van der Waals surface area contributed by atoms with E-state index in [1.807, 2.05) is 18.2 Å². The molecule has 0 spiro atoms. The summed E-state index contributed by atoms with van der Waals surface area (Å²) in [6.45, 7) is 4.47. The van der Waals surface area contributed by atoms with Crippen LogP contribution in [0, 0.1) is 0 Å². The molecule has 5 unspecified atom stereocenters. The molecule has 19 heteroatoms. The van der Waals surface area contributed by atoms with Gasteiger partial charge in [0.2, 0.25) is 0 Å². The fourth-order valence-electron chi connectivity index (χ4n) is 10.9. The second-order valence-corrected chi connectivity index (χ2v) is 30.9. The molecule has 0 radical (unpaired) electrons. The van der Waals surface area contributed by atoms with Crippen molar-refractivity contribution in [1.82, 2.24) is 0 Å². The van der Waals surface area contributed by atoms with E-state index in [4.69, 9.17) is 37.0 Å². The molecular weight excluding hydrogens is 1450 g/mol. The molecule has 0 aliphatic carbocycles. The average molecular weight is 1600 g/mol. The first-order valence-electron chi connectivity index (χ1n) is 43.0. The lowest BCUT2D eigenvalue weighted by molar-refractivity contribution is -0.161. The summed E-state index contributed by atoms with van der Waals surface area (Å²) in [5.74, 6) is -2.33. The number of aliphatic hydroxyl groups is 1. The Labute approximate surface area is 679 Å². The number of phosphoric ester groups is 2. The van der Waals surface area contributed by atoms with Crippen LogP contribution < -0.4 is 0 Å². The van der Waals surface area contributed by atoms with Gasteiger partial charge >= 0.3 is 39.5 Å². The zero-order valence-corrected chi connectivity index (χ0v) is 71.6. The molecule has 0 bridgehead atoms. The zero-order valence-electron chi connectivity index (χ0n) is 69.8. The molecule has 0 saturated heterocycles. The number of rotatable bonds is 79. The van der Waals surface area contributed by atoms with E-state index in [-0.39, 0.29) is 25.7 Å². The minimum absolute atomic E-state index is 0.0266. The number of carbonyl (C=O) groups excluding carboxylic acids is 4. The molecule has 5 atom stereocenters. The summed E-state index contributed by atoms with van der Waals surface area (Å²) in [5, 5.41) is 10.7. The van der Waals surface area contributed by atoms with Crippen LogP contribution in [0.5, 0.6) is 0 Å². The molecule has 3 N–H and O–H groups in total. The van der Waals surface area contributed by atoms with Crippen LogP contribution in [0.3, 0.4) is 0 Å². The Kier molecular flexibility index (Phi) is 78.8. The van der Waals surface area contributed by atoms with E-state index < -0.39 is 97.5 Å². The lowest BCUT2D eigenvalue weighted by Crippen LogP contribution is -2.30. The maximum Gasteiger partial charge on any atom is 0.472 e. The number of ether oxygens (including phenoxy) is 4. The van der Waals surface area contributed by atoms with E-state index in [1.54, 1.807) is 0 Å². The van der Waals surface area contributed by atoms with Gasteiger partial charge in [0.15, 0.2) is 12.2 Å². The van der Waals surface area contributed by atoms with E-state index in [1.165, 1.54) is 38.5 Å². The van der Waals surface area contributed by atoms with Gasteiger partial charge in [0, 0.05) is 25.7 Å². The van der Waals surface area contributed by atoms with Gasteiger partial charge in [0.1, 0.15) is 19.3 Å². The van der Waals surface area contributed by atoms with Crippen LogP contribution in [0.2, 0.25) is 0 Å². The first-order chi connectivity index (χ1) is 54.7. The highest BCUT2D eigenvalue weighted by Gasteiger charge is 2.30. The molecule has 0 aliphatic rings. The van der Waals surface area contributed by atoms with Crippen molar-refractivity contribution < 1.29 is 80.2 Å². The summed E-state index contributed by atoms with van der Waals surface area (Å²) in [4.78, 5) is 73.3. The number of aliphatic hydroxyl groups excluding tert-OH is 1. The van der Waals surface area contributed by atoms with Gasteiger partial charge in [-0.3, -0.25) is 37.3 Å². The number of hydrogen-bond donors (Lipinski definition) is 3. The first-order valence-corrected chi connectivity index (χ1v) is 46.0. The SMILES string of the molecule is CC/C=C\C/C=C\C/C=C\C/C=C\C/C=C\C/C=C\CCC(=O)OCC(COP(=O)(O)OCC(O)COP(=O)(O)OCC(COC(=O)CCCCCCCC/C=C\C/C=C\C/C=C\C/C=C\CC)OC(=O)CCCCCCC/C=C\C/C=C\CCCCC)OC(=O)CCCCCCCC/C=C\C/C=C\C/C=C\CCCCC. The fourth-order valence-corrected chi connectivity index (χ4v) is 12.4. The predicted molar refractivity (Wildman–Crippen MR) is 463 cm³/mol. The Bertz CT molecular complexity index is 2840. The molecule has 0 aromatic carbocycles. The Morgan fingerprint density at radius 1 is 0.259 bits per heavy atom. The van der Waals surface area contributed by atoms with Crippen LogP contribution in [-0.4, -0.2) is 96.7 Å². The minimum atomic E-state index is -5.01. The van der Waals surface area contributed by atoms with Crippen molar-refractivity contribution in [2.24, 2.45) is 0 Å². The Balaban J connectivity index is 5.49. The van der Waals surface area contributed by atoms with Crippen molar-refractivity contribution in [3.8, 4) is 0 Å². The van der Waals surface area contributed by atoms with Crippen LogP contribution >= 0.6 is 15.6 Å². The van der Waals surface area contributed by atoms with Gasteiger partial charge < -0.3 is 33.8 Å². The number of allylic oxidation sites excluding steroid dienone is 30. The summed E-state index contributed by atoms with van der Waals surface area (Å²) in [5.41, 5.74) is 0. The maximum atomic E-state index is 13.1. The summed E-state index contributed by atoms with van der Waals surface area (Å²) >= 11 is 0. The molecule has 0 heterocycles. The molecule has 0 aromatic heterocycles. The van der Waals surface area contributed by atoms with E-state index in [9.17, 15) is 43.2 Å². The van der Waals surface area contributed by atoms with Crippen LogP contribution in [0.25, 0.3) is 0 Å². The molecule has 0 fully saturated rings. The fraction of sp³-hybridized carbons (Fsp3) is 0.634. The van der Waals surface area contributed by atoms with Crippen molar-refractivity contribution >= 4 is 39.5 Å². The number of carbonyl (C=O) groups is 4. The highest BCUT2D eigenvalue weighted by atomic mass is 31.2.